The molecule has 0 aliphatic carbocycles. The molecule has 2 aromatic rings. The van der Waals surface area contributed by atoms with Gasteiger partial charge in [-0.15, -0.1) is 0 Å². The molecule has 17 heavy (non-hydrogen) atoms. The molecule has 1 aromatic heterocycles. The van der Waals surface area contributed by atoms with Gasteiger partial charge in [-0.25, -0.2) is 4.98 Å². The lowest BCUT2D eigenvalue weighted by Gasteiger charge is -2.06. The molecule has 5 heteroatoms. The molecule has 0 bridgehead atoms. The molecule has 1 heterocycles. The van der Waals surface area contributed by atoms with Crippen molar-refractivity contribution in [2.45, 2.75) is 13.0 Å². The van der Waals surface area contributed by atoms with Crippen LogP contribution in [0.5, 0.6) is 0 Å². The van der Waals surface area contributed by atoms with Crippen LogP contribution in [0.3, 0.4) is 0 Å². The van der Waals surface area contributed by atoms with Crippen LogP contribution < -0.4 is 11.1 Å². The normalized spacial score (nSPS) is 10.6. The summed E-state index contributed by atoms with van der Waals surface area (Å²) in [6.45, 7) is 1.62. The van der Waals surface area contributed by atoms with Gasteiger partial charge in [0.1, 0.15) is 6.33 Å². The van der Waals surface area contributed by atoms with Gasteiger partial charge in [0, 0.05) is 32.2 Å². The molecule has 0 fully saturated rings. The smallest absolute Gasteiger partial charge is 0.151 e. The van der Waals surface area contributed by atoms with Gasteiger partial charge in [0.15, 0.2) is 5.82 Å². The van der Waals surface area contributed by atoms with E-state index in [0.717, 1.165) is 36.6 Å². The van der Waals surface area contributed by atoms with Crippen LogP contribution >= 0.6 is 0 Å². The maximum Gasteiger partial charge on any atom is 0.151 e. The van der Waals surface area contributed by atoms with E-state index in [2.05, 4.69) is 15.4 Å². The van der Waals surface area contributed by atoms with Crippen LogP contribution in [0.1, 0.15) is 11.4 Å². The average Bonchev–Trinajstić information content (AvgIpc) is 2.73. The molecule has 0 aliphatic rings. The molecular formula is C12H17N5. The molecule has 3 N–H and O–H groups in total. The van der Waals surface area contributed by atoms with E-state index in [1.54, 1.807) is 11.0 Å². The topological polar surface area (TPSA) is 68.8 Å². The van der Waals surface area contributed by atoms with Crippen molar-refractivity contribution in [3.63, 3.8) is 0 Å². The third-order valence-electron chi connectivity index (χ3n) is 2.54. The standard InChI is InChI=1S/C12H17N5/c1-17-9-15-12(16-17)6-7-14-8-10-4-2-3-5-11(10)13/h2-5,9,14H,6-8,13H2,1H3. The van der Waals surface area contributed by atoms with E-state index >= 15 is 0 Å². The summed E-state index contributed by atoms with van der Waals surface area (Å²) in [5.74, 6) is 0.862. The Kier molecular flexibility index (Phi) is 3.72. The molecule has 0 amide bonds. The molecule has 90 valence electrons. The van der Waals surface area contributed by atoms with Crippen molar-refractivity contribution in [2.75, 3.05) is 12.3 Å². The summed E-state index contributed by atoms with van der Waals surface area (Å²) in [5, 5.41) is 7.54. The van der Waals surface area contributed by atoms with Crippen molar-refractivity contribution in [1.29, 1.82) is 0 Å². The second-order valence-corrected chi connectivity index (χ2v) is 3.96. The van der Waals surface area contributed by atoms with Gasteiger partial charge in [-0.05, 0) is 11.6 Å². The minimum absolute atomic E-state index is 0.777. The number of aromatic nitrogens is 3. The van der Waals surface area contributed by atoms with Crippen molar-refractivity contribution in [3.05, 3.63) is 42.0 Å². The van der Waals surface area contributed by atoms with E-state index in [4.69, 9.17) is 5.73 Å². The van der Waals surface area contributed by atoms with Crippen molar-refractivity contribution in [3.8, 4) is 0 Å². The Morgan fingerprint density at radius 2 is 2.18 bits per heavy atom. The molecule has 0 unspecified atom stereocenters. The van der Waals surface area contributed by atoms with Gasteiger partial charge in [0.05, 0.1) is 0 Å². The summed E-state index contributed by atoms with van der Waals surface area (Å²) in [5.41, 5.74) is 7.81. The number of nitrogen functional groups attached to an aromatic ring is 1. The fraction of sp³-hybridized carbons (Fsp3) is 0.333. The Morgan fingerprint density at radius 1 is 1.35 bits per heavy atom. The lowest BCUT2D eigenvalue weighted by Crippen LogP contribution is -2.18. The number of aryl methyl sites for hydroxylation is 1. The average molecular weight is 231 g/mol. The molecule has 0 spiro atoms. The van der Waals surface area contributed by atoms with Gasteiger partial charge in [0.25, 0.3) is 0 Å². The number of anilines is 1. The molecule has 0 aliphatic heterocycles. The lowest BCUT2D eigenvalue weighted by atomic mass is 10.2. The number of hydrogen-bond acceptors (Lipinski definition) is 4. The van der Waals surface area contributed by atoms with Crippen LogP contribution in [-0.4, -0.2) is 21.3 Å². The first kappa shape index (κ1) is 11.6. The van der Waals surface area contributed by atoms with Crippen molar-refractivity contribution in [2.24, 2.45) is 7.05 Å². The highest BCUT2D eigenvalue weighted by Gasteiger charge is 1.99. The van der Waals surface area contributed by atoms with Crippen LogP contribution in [0.4, 0.5) is 5.69 Å². The van der Waals surface area contributed by atoms with Gasteiger partial charge in [-0.2, -0.15) is 5.10 Å². The summed E-state index contributed by atoms with van der Waals surface area (Å²) >= 11 is 0. The van der Waals surface area contributed by atoms with E-state index in [1.807, 2.05) is 31.3 Å². The molecule has 0 saturated heterocycles. The summed E-state index contributed by atoms with van der Waals surface area (Å²) in [6, 6.07) is 7.88. The Morgan fingerprint density at radius 3 is 2.88 bits per heavy atom. The van der Waals surface area contributed by atoms with Gasteiger partial charge in [-0.3, -0.25) is 4.68 Å². The minimum atomic E-state index is 0.777. The van der Waals surface area contributed by atoms with E-state index in [0.29, 0.717) is 0 Å². The quantitative estimate of drug-likeness (QED) is 0.588. The Labute approximate surface area is 101 Å². The number of benzene rings is 1. The number of hydrogen-bond donors (Lipinski definition) is 2. The number of nitrogens with one attached hydrogen (secondary N) is 1. The summed E-state index contributed by atoms with van der Waals surface area (Å²) in [4.78, 5) is 4.17. The molecule has 0 atom stereocenters. The summed E-state index contributed by atoms with van der Waals surface area (Å²) in [7, 11) is 1.87. The molecule has 1 aromatic carbocycles. The minimum Gasteiger partial charge on any atom is -0.398 e. The molecule has 2 rings (SSSR count). The summed E-state index contributed by atoms with van der Waals surface area (Å²) in [6.07, 6.45) is 2.54. The molecular weight excluding hydrogens is 214 g/mol. The predicted octanol–water partition coefficient (Wildman–Crippen LogP) is 0.730. The van der Waals surface area contributed by atoms with Crippen LogP contribution in [0.15, 0.2) is 30.6 Å². The first-order chi connectivity index (χ1) is 8.25. The highest BCUT2D eigenvalue weighted by atomic mass is 15.3. The number of nitrogens with two attached hydrogens (primary N) is 1. The van der Waals surface area contributed by atoms with Gasteiger partial charge in [0.2, 0.25) is 0 Å². The molecule has 0 radical (unpaired) electrons. The van der Waals surface area contributed by atoms with E-state index in [9.17, 15) is 0 Å². The third kappa shape index (κ3) is 3.29. The maximum atomic E-state index is 5.85. The van der Waals surface area contributed by atoms with E-state index < -0.39 is 0 Å². The first-order valence-electron chi connectivity index (χ1n) is 5.64. The van der Waals surface area contributed by atoms with Crippen molar-refractivity contribution < 1.29 is 0 Å². The largest absolute Gasteiger partial charge is 0.398 e. The maximum absolute atomic E-state index is 5.85. The SMILES string of the molecule is Cn1cnc(CCNCc2ccccc2N)n1. The van der Waals surface area contributed by atoms with Gasteiger partial charge in [-0.1, -0.05) is 18.2 Å². The third-order valence-corrected chi connectivity index (χ3v) is 2.54. The molecule has 5 nitrogen and oxygen atoms in total. The second kappa shape index (κ2) is 5.45. The predicted molar refractivity (Wildman–Crippen MR) is 67.3 cm³/mol. The number of para-hydroxylation sites is 1. The number of nitrogens with zero attached hydrogens (tertiary/aromatic N) is 3. The van der Waals surface area contributed by atoms with Crippen molar-refractivity contribution >= 4 is 5.69 Å². The van der Waals surface area contributed by atoms with Gasteiger partial charge < -0.3 is 11.1 Å². The fourth-order valence-corrected chi connectivity index (χ4v) is 1.62. The van der Waals surface area contributed by atoms with Crippen LogP contribution in [0, 0.1) is 0 Å². The first-order valence-corrected chi connectivity index (χ1v) is 5.64. The highest BCUT2D eigenvalue weighted by molar-refractivity contribution is 5.46. The zero-order chi connectivity index (χ0) is 12.1. The monoisotopic (exact) mass is 231 g/mol. The number of rotatable bonds is 5. The Hall–Kier alpha value is -1.88. The summed E-state index contributed by atoms with van der Waals surface area (Å²) < 4.78 is 1.71. The van der Waals surface area contributed by atoms with Crippen molar-refractivity contribution in [1.82, 2.24) is 20.1 Å². The van der Waals surface area contributed by atoms with Crippen LogP contribution in [0.2, 0.25) is 0 Å². The van der Waals surface area contributed by atoms with Gasteiger partial charge >= 0.3 is 0 Å². The second-order valence-electron chi connectivity index (χ2n) is 3.96. The highest BCUT2D eigenvalue weighted by Crippen LogP contribution is 2.09. The van der Waals surface area contributed by atoms with E-state index in [1.165, 1.54) is 0 Å². The lowest BCUT2D eigenvalue weighted by molar-refractivity contribution is 0.662. The van der Waals surface area contributed by atoms with Crippen LogP contribution in [0.25, 0.3) is 0 Å². The van der Waals surface area contributed by atoms with Crippen LogP contribution in [-0.2, 0) is 20.0 Å². The zero-order valence-corrected chi connectivity index (χ0v) is 9.93. The Balaban J connectivity index is 1.75. The Bertz CT molecular complexity index is 477. The zero-order valence-electron chi connectivity index (χ0n) is 9.93. The molecule has 0 saturated carbocycles. The fourth-order valence-electron chi connectivity index (χ4n) is 1.62. The van der Waals surface area contributed by atoms with E-state index in [-0.39, 0.29) is 0 Å².